The van der Waals surface area contributed by atoms with Crippen LogP contribution in [0, 0.1) is 11.6 Å². The normalized spacial score (nSPS) is 16.8. The average Bonchev–Trinajstić information content (AvgIpc) is 2.42. The van der Waals surface area contributed by atoms with E-state index in [2.05, 4.69) is 18.7 Å². The lowest BCUT2D eigenvalue weighted by molar-refractivity contribution is 0.0595. The van der Waals surface area contributed by atoms with Gasteiger partial charge in [0, 0.05) is 32.2 Å². The molecule has 0 bridgehead atoms. The molecule has 1 amide bonds. The Balaban J connectivity index is 2.11. The second-order valence-corrected chi connectivity index (χ2v) is 5.58. The van der Waals surface area contributed by atoms with E-state index in [1.165, 1.54) is 0 Å². The standard InChI is InChI=1S/C14H17ClF2N2O/c1-9(2)18-3-5-19(6-4-18)14(20)10-7-12(16)13(17)8-11(10)15/h7-9H,3-6H2,1-2H3. The topological polar surface area (TPSA) is 23.6 Å². The van der Waals surface area contributed by atoms with E-state index in [0.717, 1.165) is 25.2 Å². The zero-order valence-corrected chi connectivity index (χ0v) is 12.3. The third-order valence-electron chi connectivity index (χ3n) is 3.57. The van der Waals surface area contributed by atoms with Crippen LogP contribution in [-0.2, 0) is 0 Å². The Morgan fingerprint density at radius 2 is 1.70 bits per heavy atom. The van der Waals surface area contributed by atoms with Crippen LogP contribution in [0.4, 0.5) is 8.78 Å². The number of piperazine rings is 1. The molecule has 0 unspecified atom stereocenters. The molecule has 110 valence electrons. The number of rotatable bonds is 2. The molecule has 0 atom stereocenters. The molecule has 1 aliphatic rings. The lowest BCUT2D eigenvalue weighted by Gasteiger charge is -2.37. The molecule has 0 radical (unpaired) electrons. The Morgan fingerprint density at radius 3 is 2.25 bits per heavy atom. The van der Waals surface area contributed by atoms with E-state index in [9.17, 15) is 13.6 Å². The van der Waals surface area contributed by atoms with Gasteiger partial charge in [-0.15, -0.1) is 0 Å². The van der Waals surface area contributed by atoms with Gasteiger partial charge < -0.3 is 4.90 Å². The number of halogens is 3. The van der Waals surface area contributed by atoms with E-state index < -0.39 is 11.6 Å². The van der Waals surface area contributed by atoms with Crippen molar-refractivity contribution in [2.24, 2.45) is 0 Å². The van der Waals surface area contributed by atoms with Crippen molar-refractivity contribution in [2.75, 3.05) is 26.2 Å². The Kier molecular flexibility index (Phi) is 4.60. The monoisotopic (exact) mass is 302 g/mol. The van der Waals surface area contributed by atoms with Crippen molar-refractivity contribution in [3.63, 3.8) is 0 Å². The van der Waals surface area contributed by atoms with E-state index in [-0.39, 0.29) is 16.5 Å². The molecule has 1 aliphatic heterocycles. The van der Waals surface area contributed by atoms with Crippen LogP contribution < -0.4 is 0 Å². The minimum absolute atomic E-state index is 0.0172. The summed E-state index contributed by atoms with van der Waals surface area (Å²) in [4.78, 5) is 16.2. The van der Waals surface area contributed by atoms with Crippen molar-refractivity contribution >= 4 is 17.5 Å². The first-order chi connectivity index (χ1) is 9.40. The Hall–Kier alpha value is -1.20. The van der Waals surface area contributed by atoms with Crippen molar-refractivity contribution in [3.8, 4) is 0 Å². The quantitative estimate of drug-likeness (QED) is 0.784. The molecule has 1 saturated heterocycles. The molecule has 1 aromatic carbocycles. The molecule has 20 heavy (non-hydrogen) atoms. The predicted octanol–water partition coefficient (Wildman–Crippen LogP) is 2.78. The molecule has 3 nitrogen and oxygen atoms in total. The Bertz CT molecular complexity index is 514. The number of benzene rings is 1. The highest BCUT2D eigenvalue weighted by molar-refractivity contribution is 6.33. The summed E-state index contributed by atoms with van der Waals surface area (Å²) in [6.07, 6.45) is 0. The summed E-state index contributed by atoms with van der Waals surface area (Å²) >= 11 is 5.83. The highest BCUT2D eigenvalue weighted by Crippen LogP contribution is 2.22. The summed E-state index contributed by atoms with van der Waals surface area (Å²) < 4.78 is 26.3. The van der Waals surface area contributed by atoms with Crippen LogP contribution in [0.1, 0.15) is 24.2 Å². The number of hydrogen-bond acceptors (Lipinski definition) is 2. The predicted molar refractivity (Wildman–Crippen MR) is 74.0 cm³/mol. The van der Waals surface area contributed by atoms with Gasteiger partial charge in [-0.2, -0.15) is 0 Å². The Labute approximate surface area is 122 Å². The number of carbonyl (C=O) groups is 1. The lowest BCUT2D eigenvalue weighted by Crippen LogP contribution is -2.50. The van der Waals surface area contributed by atoms with E-state index in [0.29, 0.717) is 19.1 Å². The van der Waals surface area contributed by atoms with E-state index in [4.69, 9.17) is 11.6 Å². The molecule has 0 saturated carbocycles. The summed E-state index contributed by atoms with van der Waals surface area (Å²) in [6, 6.07) is 2.14. The van der Waals surface area contributed by atoms with Gasteiger partial charge in [-0.25, -0.2) is 8.78 Å². The zero-order valence-electron chi connectivity index (χ0n) is 11.5. The van der Waals surface area contributed by atoms with Crippen LogP contribution >= 0.6 is 11.6 Å². The van der Waals surface area contributed by atoms with Gasteiger partial charge in [-0.05, 0) is 26.0 Å². The fourth-order valence-corrected chi connectivity index (χ4v) is 2.53. The van der Waals surface area contributed by atoms with E-state index in [1.54, 1.807) is 4.90 Å². The van der Waals surface area contributed by atoms with Crippen LogP contribution in [0.25, 0.3) is 0 Å². The molecule has 1 fully saturated rings. The number of hydrogen-bond donors (Lipinski definition) is 0. The SMILES string of the molecule is CC(C)N1CCN(C(=O)c2cc(F)c(F)cc2Cl)CC1. The molecule has 1 heterocycles. The molecular formula is C14H17ClF2N2O. The smallest absolute Gasteiger partial charge is 0.255 e. The maximum Gasteiger partial charge on any atom is 0.255 e. The third-order valence-corrected chi connectivity index (χ3v) is 3.88. The largest absolute Gasteiger partial charge is 0.336 e. The maximum absolute atomic E-state index is 13.2. The van der Waals surface area contributed by atoms with Gasteiger partial charge in [-0.3, -0.25) is 9.69 Å². The van der Waals surface area contributed by atoms with Gasteiger partial charge >= 0.3 is 0 Å². The fraction of sp³-hybridized carbons (Fsp3) is 0.500. The van der Waals surface area contributed by atoms with Crippen LogP contribution in [0.15, 0.2) is 12.1 Å². The van der Waals surface area contributed by atoms with Crippen LogP contribution in [-0.4, -0.2) is 47.9 Å². The highest BCUT2D eigenvalue weighted by atomic mass is 35.5. The van der Waals surface area contributed by atoms with Crippen LogP contribution in [0.3, 0.4) is 0 Å². The van der Waals surface area contributed by atoms with Crippen LogP contribution in [0.5, 0.6) is 0 Å². The minimum Gasteiger partial charge on any atom is -0.336 e. The first-order valence-electron chi connectivity index (χ1n) is 6.58. The maximum atomic E-state index is 13.2. The molecule has 0 spiro atoms. The molecule has 0 aromatic heterocycles. The summed E-state index contributed by atoms with van der Waals surface area (Å²) in [5, 5.41) is -0.0554. The lowest BCUT2D eigenvalue weighted by atomic mass is 10.1. The summed E-state index contributed by atoms with van der Waals surface area (Å²) in [5.41, 5.74) is 0.0172. The van der Waals surface area contributed by atoms with Crippen molar-refractivity contribution in [1.82, 2.24) is 9.80 Å². The summed E-state index contributed by atoms with van der Waals surface area (Å²) in [5.74, 6) is -2.45. The molecular weight excluding hydrogens is 286 g/mol. The molecule has 0 aliphatic carbocycles. The Morgan fingerprint density at radius 1 is 1.15 bits per heavy atom. The van der Waals surface area contributed by atoms with Gasteiger partial charge in [-0.1, -0.05) is 11.6 Å². The second kappa shape index (κ2) is 6.06. The van der Waals surface area contributed by atoms with Crippen molar-refractivity contribution < 1.29 is 13.6 Å². The van der Waals surface area contributed by atoms with Gasteiger partial charge in [0.2, 0.25) is 0 Å². The number of nitrogens with zero attached hydrogens (tertiary/aromatic N) is 2. The van der Waals surface area contributed by atoms with Crippen molar-refractivity contribution in [3.05, 3.63) is 34.4 Å². The second-order valence-electron chi connectivity index (χ2n) is 5.17. The first kappa shape index (κ1) is 15.2. The van der Waals surface area contributed by atoms with Gasteiger partial charge in [0.1, 0.15) is 0 Å². The van der Waals surface area contributed by atoms with Crippen molar-refractivity contribution in [1.29, 1.82) is 0 Å². The van der Waals surface area contributed by atoms with Crippen LogP contribution in [0.2, 0.25) is 5.02 Å². The van der Waals surface area contributed by atoms with E-state index >= 15 is 0 Å². The molecule has 1 aromatic rings. The number of amides is 1. The summed E-state index contributed by atoms with van der Waals surface area (Å²) in [6.45, 7) is 6.86. The van der Waals surface area contributed by atoms with Crippen molar-refractivity contribution in [2.45, 2.75) is 19.9 Å². The number of carbonyl (C=O) groups excluding carboxylic acids is 1. The summed E-state index contributed by atoms with van der Waals surface area (Å²) in [7, 11) is 0. The fourth-order valence-electron chi connectivity index (χ4n) is 2.30. The van der Waals surface area contributed by atoms with Gasteiger partial charge in [0.25, 0.3) is 5.91 Å². The zero-order chi connectivity index (χ0) is 14.9. The van der Waals surface area contributed by atoms with Gasteiger partial charge in [0.15, 0.2) is 11.6 Å². The minimum atomic E-state index is -1.06. The molecule has 6 heteroatoms. The van der Waals surface area contributed by atoms with E-state index in [1.807, 2.05) is 0 Å². The average molecular weight is 303 g/mol. The highest BCUT2D eigenvalue weighted by Gasteiger charge is 2.25. The molecule has 2 rings (SSSR count). The first-order valence-corrected chi connectivity index (χ1v) is 6.96. The third kappa shape index (κ3) is 3.10. The molecule has 0 N–H and O–H groups in total. The van der Waals surface area contributed by atoms with Gasteiger partial charge in [0.05, 0.1) is 10.6 Å².